The third kappa shape index (κ3) is 3.56. The lowest BCUT2D eigenvalue weighted by Crippen LogP contribution is -2.06. The van der Waals surface area contributed by atoms with Gasteiger partial charge >= 0.3 is 5.97 Å². The van der Waals surface area contributed by atoms with Gasteiger partial charge in [0.25, 0.3) is 5.69 Å². The molecule has 0 aliphatic rings. The van der Waals surface area contributed by atoms with Crippen molar-refractivity contribution in [1.82, 2.24) is 0 Å². The molecule has 6 nitrogen and oxygen atoms in total. The van der Waals surface area contributed by atoms with Gasteiger partial charge in [0.05, 0.1) is 17.6 Å². The van der Waals surface area contributed by atoms with Crippen LogP contribution in [0, 0.1) is 10.1 Å². The number of hydrogen-bond donors (Lipinski definition) is 1. The zero-order valence-electron chi connectivity index (χ0n) is 11.4. The molecule has 0 spiro atoms. The number of hydrogen-bond acceptors (Lipinski definition) is 5. The minimum absolute atomic E-state index is 0.148. The highest BCUT2D eigenvalue weighted by atomic mass is 16.6. The van der Waals surface area contributed by atoms with E-state index in [0.29, 0.717) is 12.2 Å². The normalized spacial score (nSPS) is 9.95. The molecule has 2 aromatic rings. The first kappa shape index (κ1) is 14.5. The fourth-order valence-corrected chi connectivity index (χ4v) is 1.87. The molecule has 0 aliphatic carbocycles. The highest BCUT2D eigenvalue weighted by Gasteiger charge is 2.17. The van der Waals surface area contributed by atoms with E-state index < -0.39 is 10.9 Å². The van der Waals surface area contributed by atoms with Gasteiger partial charge in [-0.25, -0.2) is 4.79 Å². The molecule has 0 bridgehead atoms. The molecule has 0 unspecified atom stereocenters. The maximum absolute atomic E-state index is 11.4. The van der Waals surface area contributed by atoms with E-state index in [1.165, 1.54) is 25.3 Å². The zero-order chi connectivity index (χ0) is 15.2. The second-order valence-electron chi connectivity index (χ2n) is 4.32. The fraction of sp³-hybridized carbons (Fsp3) is 0.133. The summed E-state index contributed by atoms with van der Waals surface area (Å²) in [5.41, 5.74) is 1.35. The Morgan fingerprint density at radius 3 is 2.57 bits per heavy atom. The molecule has 1 N–H and O–H groups in total. The number of methoxy groups -OCH3 is 1. The minimum Gasteiger partial charge on any atom is -0.465 e. The third-order valence-electron chi connectivity index (χ3n) is 2.94. The van der Waals surface area contributed by atoms with E-state index in [2.05, 4.69) is 10.1 Å². The van der Waals surface area contributed by atoms with Gasteiger partial charge in [-0.05, 0) is 17.7 Å². The number of anilines is 1. The second-order valence-corrected chi connectivity index (χ2v) is 4.32. The lowest BCUT2D eigenvalue weighted by atomic mass is 10.1. The Morgan fingerprint density at radius 2 is 1.95 bits per heavy atom. The van der Waals surface area contributed by atoms with Crippen LogP contribution in [0.5, 0.6) is 0 Å². The first-order valence-electron chi connectivity index (χ1n) is 6.26. The molecular formula is C15H14N2O4. The van der Waals surface area contributed by atoms with Crippen LogP contribution in [0.4, 0.5) is 11.4 Å². The van der Waals surface area contributed by atoms with E-state index in [1.54, 1.807) is 0 Å². The van der Waals surface area contributed by atoms with Crippen molar-refractivity contribution in [2.45, 2.75) is 6.54 Å². The molecule has 108 valence electrons. The largest absolute Gasteiger partial charge is 0.465 e. The van der Waals surface area contributed by atoms with E-state index in [0.717, 1.165) is 5.56 Å². The van der Waals surface area contributed by atoms with Crippen molar-refractivity contribution in [2.75, 3.05) is 12.4 Å². The molecule has 21 heavy (non-hydrogen) atoms. The molecule has 2 aromatic carbocycles. The van der Waals surface area contributed by atoms with Crippen LogP contribution >= 0.6 is 0 Å². The lowest BCUT2D eigenvalue weighted by Gasteiger charge is -2.08. The highest BCUT2D eigenvalue weighted by Crippen LogP contribution is 2.26. The average molecular weight is 286 g/mol. The monoisotopic (exact) mass is 286 g/mol. The molecule has 0 radical (unpaired) electrons. The van der Waals surface area contributed by atoms with Gasteiger partial charge in [-0.1, -0.05) is 30.3 Å². The van der Waals surface area contributed by atoms with E-state index in [4.69, 9.17) is 0 Å². The topological polar surface area (TPSA) is 81.5 Å². The van der Waals surface area contributed by atoms with Gasteiger partial charge < -0.3 is 10.1 Å². The summed E-state index contributed by atoms with van der Waals surface area (Å²) in [6, 6.07) is 13.7. The van der Waals surface area contributed by atoms with Crippen molar-refractivity contribution < 1.29 is 14.5 Å². The first-order valence-corrected chi connectivity index (χ1v) is 6.26. The molecule has 0 aliphatic heterocycles. The number of nitro benzene ring substituents is 1. The number of nitrogens with zero attached hydrogens (tertiary/aromatic N) is 1. The molecule has 0 heterocycles. The highest BCUT2D eigenvalue weighted by molar-refractivity contribution is 5.91. The van der Waals surface area contributed by atoms with E-state index >= 15 is 0 Å². The van der Waals surface area contributed by atoms with Gasteiger partial charge in [0.1, 0.15) is 5.69 Å². The Hall–Kier alpha value is -2.89. The number of esters is 1. The number of ether oxygens (including phenoxy) is 1. The van der Waals surface area contributed by atoms with Crippen LogP contribution in [-0.2, 0) is 11.3 Å². The van der Waals surface area contributed by atoms with Crippen molar-refractivity contribution in [3.05, 3.63) is 69.8 Å². The van der Waals surface area contributed by atoms with Crippen LogP contribution in [0.2, 0.25) is 0 Å². The van der Waals surface area contributed by atoms with Crippen molar-refractivity contribution in [2.24, 2.45) is 0 Å². The van der Waals surface area contributed by atoms with Crippen LogP contribution in [0.15, 0.2) is 48.5 Å². The Morgan fingerprint density at radius 1 is 1.24 bits per heavy atom. The summed E-state index contributed by atoms with van der Waals surface area (Å²) in [7, 11) is 1.23. The number of nitrogens with one attached hydrogen (secondary N) is 1. The quantitative estimate of drug-likeness (QED) is 0.519. The molecule has 0 atom stereocenters. The van der Waals surface area contributed by atoms with Crippen LogP contribution in [0.25, 0.3) is 0 Å². The molecule has 6 heteroatoms. The Kier molecular flexibility index (Phi) is 4.50. The maximum atomic E-state index is 11.4. The Balaban J connectivity index is 2.22. The summed E-state index contributed by atoms with van der Waals surface area (Å²) in [5, 5.41) is 14.1. The van der Waals surface area contributed by atoms with Crippen LogP contribution in [-0.4, -0.2) is 18.0 Å². The van der Waals surface area contributed by atoms with Crippen molar-refractivity contribution in [3.63, 3.8) is 0 Å². The van der Waals surface area contributed by atoms with Crippen LogP contribution in [0.3, 0.4) is 0 Å². The summed E-state index contributed by atoms with van der Waals surface area (Å²) in [4.78, 5) is 22.0. The number of nitro groups is 1. The van der Waals surface area contributed by atoms with Crippen LogP contribution in [0.1, 0.15) is 15.9 Å². The Bertz CT molecular complexity index is 656. The van der Waals surface area contributed by atoms with Crippen molar-refractivity contribution in [3.8, 4) is 0 Å². The molecule has 0 saturated heterocycles. The minimum atomic E-state index is -0.604. The molecule has 2 rings (SSSR count). The standard InChI is InChI=1S/C15H14N2O4/c1-21-15(18)12-7-8-13(14(9-12)17(19)20)16-10-11-5-3-2-4-6-11/h2-9,16H,10H2,1H3. The van der Waals surface area contributed by atoms with E-state index in [-0.39, 0.29) is 11.3 Å². The number of carbonyl (C=O) groups is 1. The van der Waals surface area contributed by atoms with Crippen LogP contribution < -0.4 is 5.32 Å². The van der Waals surface area contributed by atoms with Crippen molar-refractivity contribution in [1.29, 1.82) is 0 Å². The first-order chi connectivity index (χ1) is 10.1. The lowest BCUT2D eigenvalue weighted by molar-refractivity contribution is -0.384. The maximum Gasteiger partial charge on any atom is 0.338 e. The van der Waals surface area contributed by atoms with Crippen molar-refractivity contribution >= 4 is 17.3 Å². The number of carbonyl (C=O) groups excluding carboxylic acids is 1. The number of rotatable bonds is 5. The smallest absolute Gasteiger partial charge is 0.338 e. The SMILES string of the molecule is COC(=O)c1ccc(NCc2ccccc2)c([N+](=O)[O-])c1. The summed E-state index contributed by atoms with van der Waals surface area (Å²) < 4.78 is 4.56. The second kappa shape index (κ2) is 6.51. The molecule has 0 saturated carbocycles. The van der Waals surface area contributed by atoms with Gasteiger partial charge in [-0.15, -0.1) is 0 Å². The van der Waals surface area contributed by atoms with Gasteiger partial charge in [-0.3, -0.25) is 10.1 Å². The van der Waals surface area contributed by atoms with E-state index in [9.17, 15) is 14.9 Å². The summed E-state index contributed by atoms with van der Waals surface area (Å²) in [6.45, 7) is 0.458. The molecule has 0 fully saturated rings. The van der Waals surface area contributed by atoms with Gasteiger partial charge in [0.15, 0.2) is 0 Å². The predicted octanol–water partition coefficient (Wildman–Crippen LogP) is 2.99. The van der Waals surface area contributed by atoms with E-state index in [1.807, 2.05) is 30.3 Å². The Labute approximate surface area is 121 Å². The predicted molar refractivity (Wildman–Crippen MR) is 78.2 cm³/mol. The summed E-state index contributed by atoms with van der Waals surface area (Å²) in [6.07, 6.45) is 0. The van der Waals surface area contributed by atoms with Gasteiger partial charge in [-0.2, -0.15) is 0 Å². The summed E-state index contributed by atoms with van der Waals surface area (Å²) >= 11 is 0. The third-order valence-corrected chi connectivity index (χ3v) is 2.94. The van der Waals surface area contributed by atoms with Gasteiger partial charge in [0.2, 0.25) is 0 Å². The van der Waals surface area contributed by atoms with Gasteiger partial charge in [0, 0.05) is 12.6 Å². The zero-order valence-corrected chi connectivity index (χ0v) is 11.4. The fourth-order valence-electron chi connectivity index (χ4n) is 1.87. The molecule has 0 amide bonds. The average Bonchev–Trinajstić information content (AvgIpc) is 2.52. The molecule has 0 aromatic heterocycles. The molecular weight excluding hydrogens is 272 g/mol. The number of benzene rings is 2. The summed E-state index contributed by atoms with van der Waals surface area (Å²) in [5.74, 6) is -0.604.